The van der Waals surface area contributed by atoms with Gasteiger partial charge in [0.05, 0.1) is 12.5 Å². The number of urea groups is 1. The number of carbonyl (C=O) groups is 2. The largest absolute Gasteiger partial charge is 0.481 e. The van der Waals surface area contributed by atoms with Crippen molar-refractivity contribution >= 4 is 12.0 Å². The molecule has 0 spiro atoms. The van der Waals surface area contributed by atoms with E-state index in [1.807, 2.05) is 13.8 Å². The molecule has 2 amide bonds. The number of carbonyl (C=O) groups excluding carboxylic acids is 1. The van der Waals surface area contributed by atoms with E-state index >= 15 is 0 Å². The standard InChI is InChI=1S/C15H28N2O4/c1-6-17(10(3)8-13(18)19)14(20)16-11-9-12(21-7-2)15(11,4)5/h10-12H,6-9H2,1-5H3,(H,16,20)(H,18,19). The Morgan fingerprint density at radius 3 is 2.48 bits per heavy atom. The number of ether oxygens (including phenoxy) is 1. The zero-order valence-electron chi connectivity index (χ0n) is 13.7. The molecule has 6 heteroatoms. The molecule has 0 bridgehead atoms. The van der Waals surface area contributed by atoms with Crippen LogP contribution in [0.5, 0.6) is 0 Å². The van der Waals surface area contributed by atoms with Crippen molar-refractivity contribution in [1.82, 2.24) is 10.2 Å². The van der Waals surface area contributed by atoms with E-state index in [4.69, 9.17) is 9.84 Å². The number of carboxylic acids is 1. The Bertz CT molecular complexity index is 384. The smallest absolute Gasteiger partial charge is 0.317 e. The van der Waals surface area contributed by atoms with E-state index in [9.17, 15) is 9.59 Å². The van der Waals surface area contributed by atoms with Crippen LogP contribution in [-0.4, -0.2) is 53.3 Å². The summed E-state index contributed by atoms with van der Waals surface area (Å²) in [7, 11) is 0. The van der Waals surface area contributed by atoms with Crippen LogP contribution >= 0.6 is 0 Å². The second-order valence-corrected chi connectivity index (χ2v) is 6.24. The van der Waals surface area contributed by atoms with Crippen LogP contribution in [-0.2, 0) is 9.53 Å². The predicted molar refractivity (Wildman–Crippen MR) is 80.2 cm³/mol. The van der Waals surface area contributed by atoms with Gasteiger partial charge in [-0.15, -0.1) is 0 Å². The Balaban J connectivity index is 2.58. The fraction of sp³-hybridized carbons (Fsp3) is 0.867. The minimum Gasteiger partial charge on any atom is -0.481 e. The Kier molecular flexibility index (Phi) is 6.01. The third kappa shape index (κ3) is 4.09. The lowest BCUT2D eigenvalue weighted by atomic mass is 9.64. The maximum atomic E-state index is 12.3. The summed E-state index contributed by atoms with van der Waals surface area (Å²) in [5.41, 5.74) is -0.0961. The Morgan fingerprint density at radius 2 is 2.05 bits per heavy atom. The van der Waals surface area contributed by atoms with Crippen molar-refractivity contribution < 1.29 is 19.4 Å². The second kappa shape index (κ2) is 7.11. The van der Waals surface area contributed by atoms with Crippen LogP contribution in [0.2, 0.25) is 0 Å². The normalized spacial score (nSPS) is 24.8. The van der Waals surface area contributed by atoms with Gasteiger partial charge in [0.1, 0.15) is 0 Å². The molecule has 0 heterocycles. The first kappa shape index (κ1) is 17.8. The Morgan fingerprint density at radius 1 is 1.43 bits per heavy atom. The highest BCUT2D eigenvalue weighted by atomic mass is 16.5. The number of hydrogen-bond donors (Lipinski definition) is 2. The molecule has 6 nitrogen and oxygen atoms in total. The maximum Gasteiger partial charge on any atom is 0.317 e. The van der Waals surface area contributed by atoms with Gasteiger partial charge in [-0.05, 0) is 27.2 Å². The van der Waals surface area contributed by atoms with E-state index in [0.717, 1.165) is 6.42 Å². The van der Waals surface area contributed by atoms with Crippen LogP contribution in [0.4, 0.5) is 4.79 Å². The van der Waals surface area contributed by atoms with Gasteiger partial charge in [-0.1, -0.05) is 13.8 Å². The molecule has 122 valence electrons. The van der Waals surface area contributed by atoms with Gasteiger partial charge in [-0.2, -0.15) is 0 Å². The van der Waals surface area contributed by atoms with Gasteiger partial charge in [-0.25, -0.2) is 4.79 Å². The average Bonchev–Trinajstić information content (AvgIpc) is 2.37. The minimum atomic E-state index is -0.894. The van der Waals surface area contributed by atoms with Crippen LogP contribution < -0.4 is 5.32 Å². The average molecular weight is 300 g/mol. The van der Waals surface area contributed by atoms with Gasteiger partial charge in [0.2, 0.25) is 0 Å². The Hall–Kier alpha value is -1.30. The van der Waals surface area contributed by atoms with Crippen molar-refractivity contribution in [2.45, 2.75) is 65.6 Å². The molecule has 1 saturated carbocycles. The molecular formula is C15H28N2O4. The number of hydrogen-bond acceptors (Lipinski definition) is 3. The molecule has 1 aliphatic carbocycles. The summed E-state index contributed by atoms with van der Waals surface area (Å²) in [5.74, 6) is -0.894. The number of rotatable bonds is 7. The van der Waals surface area contributed by atoms with Crippen molar-refractivity contribution in [3.63, 3.8) is 0 Å². The molecule has 0 saturated heterocycles. The number of carboxylic acid groups (broad SMARTS) is 1. The number of aliphatic carboxylic acids is 1. The minimum absolute atomic E-state index is 0.0448. The summed E-state index contributed by atoms with van der Waals surface area (Å²) in [6.45, 7) is 10.9. The summed E-state index contributed by atoms with van der Waals surface area (Å²) in [6.07, 6.45) is 0.924. The summed E-state index contributed by atoms with van der Waals surface area (Å²) in [4.78, 5) is 24.7. The molecule has 1 aliphatic rings. The molecule has 0 aliphatic heterocycles. The molecule has 0 aromatic carbocycles. The van der Waals surface area contributed by atoms with Crippen molar-refractivity contribution in [2.24, 2.45) is 5.41 Å². The van der Waals surface area contributed by atoms with Crippen LogP contribution in [0, 0.1) is 5.41 Å². The van der Waals surface area contributed by atoms with Gasteiger partial charge >= 0.3 is 12.0 Å². The highest BCUT2D eigenvalue weighted by molar-refractivity contribution is 5.76. The first-order valence-corrected chi connectivity index (χ1v) is 7.64. The third-order valence-corrected chi connectivity index (χ3v) is 4.45. The van der Waals surface area contributed by atoms with E-state index in [1.165, 1.54) is 0 Å². The third-order valence-electron chi connectivity index (χ3n) is 4.45. The fourth-order valence-electron chi connectivity index (χ4n) is 2.86. The van der Waals surface area contributed by atoms with E-state index < -0.39 is 5.97 Å². The monoisotopic (exact) mass is 300 g/mol. The first-order chi connectivity index (χ1) is 9.73. The van der Waals surface area contributed by atoms with Crippen molar-refractivity contribution in [3.05, 3.63) is 0 Å². The molecule has 1 rings (SSSR count). The maximum absolute atomic E-state index is 12.3. The molecule has 1 fully saturated rings. The lowest BCUT2D eigenvalue weighted by Gasteiger charge is -2.52. The molecule has 21 heavy (non-hydrogen) atoms. The van der Waals surface area contributed by atoms with E-state index in [-0.39, 0.29) is 36.1 Å². The lowest BCUT2D eigenvalue weighted by molar-refractivity contribution is -0.138. The SMILES string of the molecule is CCOC1CC(NC(=O)N(CC)C(C)CC(=O)O)C1(C)C. The van der Waals surface area contributed by atoms with E-state index in [2.05, 4.69) is 19.2 Å². The van der Waals surface area contributed by atoms with E-state index in [1.54, 1.807) is 11.8 Å². The summed E-state index contributed by atoms with van der Waals surface area (Å²) in [5, 5.41) is 11.9. The highest BCUT2D eigenvalue weighted by Gasteiger charge is 2.49. The molecule has 0 aromatic rings. The quantitative estimate of drug-likeness (QED) is 0.754. The van der Waals surface area contributed by atoms with Gasteiger partial charge in [0.15, 0.2) is 0 Å². The van der Waals surface area contributed by atoms with Gasteiger partial charge in [0, 0.05) is 30.7 Å². The van der Waals surface area contributed by atoms with Crippen LogP contribution in [0.25, 0.3) is 0 Å². The summed E-state index contributed by atoms with van der Waals surface area (Å²) in [6, 6.07) is -0.453. The van der Waals surface area contributed by atoms with Gasteiger partial charge < -0.3 is 20.1 Å². The molecule has 3 atom stereocenters. The molecule has 0 radical (unpaired) electrons. The van der Waals surface area contributed by atoms with E-state index in [0.29, 0.717) is 13.2 Å². The molecule has 3 unspecified atom stereocenters. The van der Waals surface area contributed by atoms with Crippen LogP contribution in [0.3, 0.4) is 0 Å². The van der Waals surface area contributed by atoms with Crippen molar-refractivity contribution in [3.8, 4) is 0 Å². The first-order valence-electron chi connectivity index (χ1n) is 7.64. The number of nitrogens with one attached hydrogen (secondary N) is 1. The highest BCUT2D eigenvalue weighted by Crippen LogP contribution is 2.42. The number of amides is 2. The Labute approximate surface area is 126 Å². The van der Waals surface area contributed by atoms with Crippen LogP contribution in [0.15, 0.2) is 0 Å². The predicted octanol–water partition coefficient (Wildman–Crippen LogP) is 2.08. The molecule has 0 aromatic heterocycles. The topological polar surface area (TPSA) is 78.9 Å². The molecular weight excluding hydrogens is 272 g/mol. The lowest BCUT2D eigenvalue weighted by Crippen LogP contribution is -2.64. The fourth-order valence-corrected chi connectivity index (χ4v) is 2.86. The van der Waals surface area contributed by atoms with Crippen molar-refractivity contribution in [1.29, 1.82) is 0 Å². The number of nitrogens with zero attached hydrogens (tertiary/aromatic N) is 1. The molecule has 2 N–H and O–H groups in total. The van der Waals surface area contributed by atoms with Crippen molar-refractivity contribution in [2.75, 3.05) is 13.2 Å². The summed E-state index contributed by atoms with van der Waals surface area (Å²) < 4.78 is 5.65. The van der Waals surface area contributed by atoms with Crippen LogP contribution in [0.1, 0.15) is 47.5 Å². The van der Waals surface area contributed by atoms with Gasteiger partial charge in [-0.3, -0.25) is 4.79 Å². The zero-order valence-corrected chi connectivity index (χ0v) is 13.7. The zero-order chi connectivity index (χ0) is 16.2. The van der Waals surface area contributed by atoms with Gasteiger partial charge in [0.25, 0.3) is 0 Å². The second-order valence-electron chi connectivity index (χ2n) is 6.24. The summed E-state index contributed by atoms with van der Waals surface area (Å²) >= 11 is 0.